The minimum atomic E-state index is -0.378. The summed E-state index contributed by atoms with van der Waals surface area (Å²) in [6.07, 6.45) is 12.0. The van der Waals surface area contributed by atoms with Crippen LogP contribution in [0.25, 0.3) is 5.70 Å². The van der Waals surface area contributed by atoms with E-state index in [9.17, 15) is 9.90 Å². The molecule has 0 amide bonds. The van der Waals surface area contributed by atoms with Gasteiger partial charge < -0.3 is 10.0 Å². The number of carbonyl (C=O) groups excluding carboxylic acids is 1. The summed E-state index contributed by atoms with van der Waals surface area (Å²) in [6, 6.07) is 18.0. The Labute approximate surface area is 181 Å². The molecule has 0 bridgehead atoms. The highest BCUT2D eigenvalue weighted by Crippen LogP contribution is 2.57. The monoisotopic (exact) mass is 408 g/mol. The summed E-state index contributed by atoms with van der Waals surface area (Å²) in [7, 11) is 0. The third-order valence-corrected chi connectivity index (χ3v) is 7.15. The Bertz CT molecular complexity index is 1170. The summed E-state index contributed by atoms with van der Waals surface area (Å²) in [6.45, 7) is 0. The first kappa shape index (κ1) is 18.4. The Morgan fingerprint density at radius 2 is 1.77 bits per heavy atom. The number of ketones is 1. The maximum absolute atomic E-state index is 12.3. The average Bonchev–Trinajstić information content (AvgIpc) is 3.12. The average molecular weight is 409 g/mol. The van der Waals surface area contributed by atoms with Crippen LogP contribution in [0.4, 0.5) is 0 Å². The molecule has 2 aromatic rings. The zero-order valence-electron chi connectivity index (χ0n) is 17.2. The first-order chi connectivity index (χ1) is 15.2. The predicted molar refractivity (Wildman–Crippen MR) is 121 cm³/mol. The summed E-state index contributed by atoms with van der Waals surface area (Å²) in [4.78, 5) is 20.0. The van der Waals surface area contributed by atoms with Crippen LogP contribution in [-0.2, 0) is 4.79 Å². The number of rotatable bonds is 2. The van der Waals surface area contributed by atoms with Gasteiger partial charge in [0.1, 0.15) is 11.4 Å². The number of aliphatic imine (C=N–C) groups is 1. The zero-order chi connectivity index (χ0) is 21.0. The van der Waals surface area contributed by atoms with Crippen molar-refractivity contribution in [1.29, 1.82) is 0 Å². The Hall–Kier alpha value is -3.40. The molecule has 31 heavy (non-hydrogen) atoms. The lowest BCUT2D eigenvalue weighted by Crippen LogP contribution is -2.54. The van der Waals surface area contributed by atoms with Gasteiger partial charge in [-0.15, -0.1) is 0 Å². The standard InChI is InChI=1S/C27H24N2O2/c30-20-11-9-18(10-12-20)22-17-25(19-6-2-1-3-7-19)29-26-16-21(31)13-14-24(26)28-27(29)15-5-4-8-23(22)27/h1-3,6-7,9-14,16-17,22-23,30H,4-5,8,15H2/t22-,23+,27-/m0/s1. The van der Waals surface area contributed by atoms with Gasteiger partial charge in [-0.3, -0.25) is 9.79 Å². The molecule has 6 rings (SSSR count). The first-order valence-electron chi connectivity index (χ1n) is 11.1. The molecule has 4 nitrogen and oxygen atoms in total. The van der Waals surface area contributed by atoms with E-state index in [0.717, 1.165) is 41.9 Å². The molecule has 1 fully saturated rings. The van der Waals surface area contributed by atoms with E-state index in [0.29, 0.717) is 5.92 Å². The van der Waals surface area contributed by atoms with Crippen LogP contribution in [0.2, 0.25) is 0 Å². The molecule has 2 aliphatic carbocycles. The van der Waals surface area contributed by atoms with E-state index in [2.05, 4.69) is 35.2 Å². The number of carbonyl (C=O) groups is 1. The van der Waals surface area contributed by atoms with E-state index >= 15 is 0 Å². The zero-order valence-corrected chi connectivity index (χ0v) is 17.2. The number of phenols is 1. The molecule has 0 radical (unpaired) electrons. The Balaban J connectivity index is 1.60. The van der Waals surface area contributed by atoms with E-state index in [1.807, 2.05) is 24.3 Å². The molecular weight excluding hydrogens is 384 g/mol. The molecule has 154 valence electrons. The molecule has 1 spiro atoms. The van der Waals surface area contributed by atoms with Crippen molar-refractivity contribution in [3.05, 3.63) is 95.7 Å². The Morgan fingerprint density at radius 3 is 2.58 bits per heavy atom. The lowest BCUT2D eigenvalue weighted by atomic mass is 9.66. The first-order valence-corrected chi connectivity index (χ1v) is 11.1. The van der Waals surface area contributed by atoms with Gasteiger partial charge in [0.2, 0.25) is 0 Å². The number of benzene rings is 2. The van der Waals surface area contributed by atoms with Gasteiger partial charge in [0, 0.05) is 23.6 Å². The second-order valence-electron chi connectivity index (χ2n) is 8.86. The van der Waals surface area contributed by atoms with E-state index in [1.54, 1.807) is 24.3 Å². The van der Waals surface area contributed by atoms with Gasteiger partial charge in [-0.25, -0.2) is 0 Å². The van der Waals surface area contributed by atoms with Gasteiger partial charge in [-0.1, -0.05) is 55.0 Å². The van der Waals surface area contributed by atoms with Crippen LogP contribution >= 0.6 is 0 Å². The van der Waals surface area contributed by atoms with E-state index in [1.165, 1.54) is 12.0 Å². The highest BCUT2D eigenvalue weighted by Gasteiger charge is 2.56. The lowest BCUT2D eigenvalue weighted by molar-refractivity contribution is -0.110. The fraction of sp³-hybridized carbons (Fsp3) is 0.259. The summed E-state index contributed by atoms with van der Waals surface area (Å²) in [5.41, 5.74) is 4.92. The summed E-state index contributed by atoms with van der Waals surface area (Å²) in [5.74, 6) is 0.803. The summed E-state index contributed by atoms with van der Waals surface area (Å²) < 4.78 is 0. The van der Waals surface area contributed by atoms with Crippen LogP contribution in [0, 0.1) is 5.92 Å². The molecule has 3 atom stereocenters. The second kappa shape index (κ2) is 6.81. The number of nitrogens with zero attached hydrogens (tertiary/aromatic N) is 2. The number of fused-ring (bicyclic) bond motifs is 2. The van der Waals surface area contributed by atoms with E-state index in [-0.39, 0.29) is 23.1 Å². The molecule has 1 saturated carbocycles. The van der Waals surface area contributed by atoms with Gasteiger partial charge in [0.15, 0.2) is 5.78 Å². The largest absolute Gasteiger partial charge is 0.508 e. The smallest absolute Gasteiger partial charge is 0.180 e. The van der Waals surface area contributed by atoms with Gasteiger partial charge in [-0.05, 0) is 54.7 Å². The maximum atomic E-state index is 12.3. The molecule has 2 aromatic carbocycles. The summed E-state index contributed by atoms with van der Waals surface area (Å²) >= 11 is 0. The summed E-state index contributed by atoms with van der Waals surface area (Å²) in [5, 5.41) is 9.84. The molecule has 2 aliphatic heterocycles. The topological polar surface area (TPSA) is 52.9 Å². The third-order valence-electron chi connectivity index (χ3n) is 7.15. The SMILES string of the molecule is O=C1C=CC2=N[C@]34CCCC[C@@H]3[C@H](c3ccc(O)cc3)C=C(c3ccccc3)N4C2=C1. The highest BCUT2D eigenvalue weighted by molar-refractivity contribution is 6.21. The molecule has 4 heteroatoms. The Morgan fingerprint density at radius 1 is 0.968 bits per heavy atom. The van der Waals surface area contributed by atoms with Crippen LogP contribution < -0.4 is 0 Å². The Kier molecular flexibility index (Phi) is 4.04. The molecule has 4 aliphatic rings. The van der Waals surface area contributed by atoms with Crippen molar-refractivity contribution in [3.8, 4) is 5.75 Å². The molecule has 0 saturated heterocycles. The molecule has 2 heterocycles. The van der Waals surface area contributed by atoms with Crippen molar-refractivity contribution in [2.45, 2.75) is 37.3 Å². The van der Waals surface area contributed by atoms with E-state index in [4.69, 9.17) is 4.99 Å². The quantitative estimate of drug-likeness (QED) is 0.695. The second-order valence-corrected chi connectivity index (χ2v) is 8.86. The van der Waals surface area contributed by atoms with E-state index < -0.39 is 0 Å². The number of hydrogen-bond acceptors (Lipinski definition) is 4. The van der Waals surface area contributed by atoms with Crippen LogP contribution in [0.3, 0.4) is 0 Å². The van der Waals surface area contributed by atoms with Crippen LogP contribution in [0.15, 0.2) is 89.6 Å². The molecule has 0 unspecified atom stereocenters. The third kappa shape index (κ3) is 2.74. The number of hydrogen-bond donors (Lipinski definition) is 1. The highest BCUT2D eigenvalue weighted by atomic mass is 16.3. The lowest BCUT2D eigenvalue weighted by Gasteiger charge is -2.53. The van der Waals surface area contributed by atoms with Crippen molar-refractivity contribution in [2.75, 3.05) is 0 Å². The van der Waals surface area contributed by atoms with Crippen molar-refractivity contribution >= 4 is 17.2 Å². The molecule has 0 aromatic heterocycles. The van der Waals surface area contributed by atoms with Crippen molar-refractivity contribution in [3.63, 3.8) is 0 Å². The molecule has 1 N–H and O–H groups in total. The number of aromatic hydroxyl groups is 1. The fourth-order valence-electron chi connectivity index (χ4n) is 5.85. The van der Waals surface area contributed by atoms with Crippen molar-refractivity contribution in [1.82, 2.24) is 4.90 Å². The number of phenolic OH excluding ortho intramolecular Hbond substituents is 1. The fourth-order valence-corrected chi connectivity index (χ4v) is 5.85. The van der Waals surface area contributed by atoms with Gasteiger partial charge in [0.05, 0.1) is 11.4 Å². The van der Waals surface area contributed by atoms with Gasteiger partial charge in [-0.2, -0.15) is 0 Å². The van der Waals surface area contributed by atoms with Crippen molar-refractivity contribution in [2.24, 2.45) is 10.9 Å². The predicted octanol–water partition coefficient (Wildman–Crippen LogP) is 5.20. The van der Waals surface area contributed by atoms with Crippen LogP contribution in [-0.4, -0.2) is 27.2 Å². The number of allylic oxidation sites excluding steroid dienone is 4. The van der Waals surface area contributed by atoms with Crippen LogP contribution in [0.5, 0.6) is 5.75 Å². The van der Waals surface area contributed by atoms with Gasteiger partial charge >= 0.3 is 0 Å². The van der Waals surface area contributed by atoms with Crippen LogP contribution in [0.1, 0.15) is 42.7 Å². The maximum Gasteiger partial charge on any atom is 0.180 e. The van der Waals surface area contributed by atoms with Gasteiger partial charge in [0.25, 0.3) is 0 Å². The normalized spacial score (nSPS) is 28.8. The molecular formula is C27H24N2O2. The minimum absolute atomic E-state index is 0.0198. The minimum Gasteiger partial charge on any atom is -0.508 e. The van der Waals surface area contributed by atoms with Crippen molar-refractivity contribution < 1.29 is 9.90 Å².